The maximum absolute atomic E-state index is 11.4. The van der Waals surface area contributed by atoms with Crippen LogP contribution in [0.15, 0.2) is 30.3 Å². The van der Waals surface area contributed by atoms with Crippen LogP contribution >= 0.6 is 0 Å². The van der Waals surface area contributed by atoms with E-state index in [2.05, 4.69) is 4.74 Å². The van der Waals surface area contributed by atoms with Crippen molar-refractivity contribution in [1.29, 1.82) is 0 Å². The highest BCUT2D eigenvalue weighted by atomic mass is 16.7. The largest absolute Gasteiger partial charge is 0.508 e. The zero-order valence-electron chi connectivity index (χ0n) is 10.5. The Morgan fingerprint density at radius 3 is 2.05 bits per heavy atom. The van der Waals surface area contributed by atoms with E-state index in [-0.39, 0.29) is 6.61 Å². The maximum atomic E-state index is 11.4. The minimum Gasteiger partial charge on any atom is -0.481 e. The summed E-state index contributed by atoms with van der Waals surface area (Å²) in [4.78, 5) is 32.4. The molecule has 0 aliphatic heterocycles. The minimum atomic E-state index is -1.26. The summed E-state index contributed by atoms with van der Waals surface area (Å²) in [6, 6.07) is 8.81. The van der Waals surface area contributed by atoms with E-state index >= 15 is 0 Å². The summed E-state index contributed by atoms with van der Waals surface area (Å²) in [7, 11) is 0. The first kappa shape index (κ1) is 15.5. The van der Waals surface area contributed by atoms with Gasteiger partial charge in [0.1, 0.15) is 12.7 Å². The Hall–Kier alpha value is -2.57. The Balaban J connectivity index is 2.44. The highest BCUT2D eigenvalue weighted by Crippen LogP contribution is 2.08. The van der Waals surface area contributed by atoms with Crippen molar-refractivity contribution in [1.82, 2.24) is 0 Å². The SMILES string of the molecule is O=C(O)CC(CC(=O)O)OC(=O)OCc1ccccc1. The molecule has 1 aromatic carbocycles. The molecule has 0 aliphatic carbocycles. The Morgan fingerprint density at radius 1 is 1.00 bits per heavy atom. The fourth-order valence-corrected chi connectivity index (χ4v) is 1.43. The first-order valence-corrected chi connectivity index (χ1v) is 5.78. The Bertz CT molecular complexity index is 453. The quantitative estimate of drug-likeness (QED) is 0.731. The smallest absolute Gasteiger partial charge is 0.481 e. The molecule has 0 saturated heterocycles. The van der Waals surface area contributed by atoms with Crippen molar-refractivity contribution in [2.24, 2.45) is 0 Å². The number of carboxylic acid groups (broad SMARTS) is 2. The van der Waals surface area contributed by atoms with E-state index in [9.17, 15) is 14.4 Å². The summed E-state index contributed by atoms with van der Waals surface area (Å²) in [5.74, 6) is -2.51. The van der Waals surface area contributed by atoms with Crippen molar-refractivity contribution in [3.8, 4) is 0 Å². The number of benzene rings is 1. The molecule has 0 unspecified atom stereocenters. The number of carbonyl (C=O) groups excluding carboxylic acids is 1. The molecule has 0 radical (unpaired) electrons. The lowest BCUT2D eigenvalue weighted by molar-refractivity contribution is -0.143. The second kappa shape index (κ2) is 7.78. The van der Waals surface area contributed by atoms with Crippen LogP contribution in [0, 0.1) is 0 Å². The summed E-state index contributed by atoms with van der Waals surface area (Å²) in [5, 5.41) is 17.2. The molecule has 0 spiro atoms. The van der Waals surface area contributed by atoms with Gasteiger partial charge in [0.05, 0.1) is 12.8 Å². The molecule has 0 saturated carbocycles. The van der Waals surface area contributed by atoms with E-state index in [1.165, 1.54) is 0 Å². The van der Waals surface area contributed by atoms with Crippen LogP contribution in [0.25, 0.3) is 0 Å². The number of carbonyl (C=O) groups is 3. The van der Waals surface area contributed by atoms with E-state index < -0.39 is 37.0 Å². The maximum Gasteiger partial charge on any atom is 0.508 e. The van der Waals surface area contributed by atoms with Gasteiger partial charge in [-0.2, -0.15) is 0 Å². The van der Waals surface area contributed by atoms with Crippen molar-refractivity contribution in [3.63, 3.8) is 0 Å². The summed E-state index contributed by atoms with van der Waals surface area (Å²) in [6.07, 6.45) is -3.53. The lowest BCUT2D eigenvalue weighted by atomic mass is 10.2. The molecular formula is C13H14O7. The van der Waals surface area contributed by atoms with Crippen LogP contribution in [0.5, 0.6) is 0 Å². The van der Waals surface area contributed by atoms with Gasteiger partial charge in [-0.25, -0.2) is 4.79 Å². The molecule has 0 amide bonds. The number of ether oxygens (including phenoxy) is 2. The highest BCUT2D eigenvalue weighted by Gasteiger charge is 2.22. The third-order valence-corrected chi connectivity index (χ3v) is 2.27. The number of aliphatic carboxylic acids is 2. The molecule has 7 nitrogen and oxygen atoms in total. The summed E-state index contributed by atoms with van der Waals surface area (Å²) in [5.41, 5.74) is 0.734. The predicted octanol–water partition coefficient (Wildman–Crippen LogP) is 1.66. The van der Waals surface area contributed by atoms with Crippen molar-refractivity contribution in [2.45, 2.75) is 25.6 Å². The summed E-state index contributed by atoms with van der Waals surface area (Å²) < 4.78 is 9.45. The van der Waals surface area contributed by atoms with Gasteiger partial charge < -0.3 is 19.7 Å². The van der Waals surface area contributed by atoms with Gasteiger partial charge in [0.2, 0.25) is 0 Å². The van der Waals surface area contributed by atoms with Gasteiger partial charge in [-0.15, -0.1) is 0 Å². The van der Waals surface area contributed by atoms with Crippen LogP contribution in [0.1, 0.15) is 18.4 Å². The predicted molar refractivity (Wildman–Crippen MR) is 66.0 cm³/mol. The first-order valence-electron chi connectivity index (χ1n) is 5.78. The molecule has 0 aliphatic rings. The van der Waals surface area contributed by atoms with Crippen molar-refractivity contribution in [2.75, 3.05) is 0 Å². The van der Waals surface area contributed by atoms with E-state index in [4.69, 9.17) is 14.9 Å². The fraction of sp³-hybridized carbons (Fsp3) is 0.308. The molecule has 1 rings (SSSR count). The zero-order valence-corrected chi connectivity index (χ0v) is 10.5. The van der Waals surface area contributed by atoms with Gasteiger partial charge in [-0.05, 0) is 5.56 Å². The lowest BCUT2D eigenvalue weighted by Gasteiger charge is -2.13. The molecule has 7 heteroatoms. The number of rotatable bonds is 7. The molecule has 0 heterocycles. The van der Waals surface area contributed by atoms with Crippen LogP contribution in [-0.2, 0) is 25.7 Å². The van der Waals surface area contributed by atoms with Gasteiger partial charge in [-0.1, -0.05) is 30.3 Å². The second-order valence-corrected chi connectivity index (χ2v) is 3.96. The van der Waals surface area contributed by atoms with Crippen LogP contribution in [-0.4, -0.2) is 34.4 Å². The molecule has 0 bridgehead atoms. The molecule has 1 aromatic rings. The summed E-state index contributed by atoms with van der Waals surface area (Å²) in [6.45, 7) is -0.0352. The standard InChI is InChI=1S/C13H14O7/c14-11(15)6-10(7-12(16)17)20-13(18)19-8-9-4-2-1-3-5-9/h1-5,10H,6-8H2,(H,14,15)(H,16,17). The van der Waals surface area contributed by atoms with Crippen LogP contribution < -0.4 is 0 Å². The lowest BCUT2D eigenvalue weighted by Crippen LogP contribution is -2.25. The normalized spacial score (nSPS) is 10.1. The third-order valence-electron chi connectivity index (χ3n) is 2.27. The van der Waals surface area contributed by atoms with Gasteiger partial charge >= 0.3 is 18.1 Å². The second-order valence-electron chi connectivity index (χ2n) is 3.96. The molecular weight excluding hydrogens is 268 g/mol. The topological polar surface area (TPSA) is 110 Å². The number of hydrogen-bond acceptors (Lipinski definition) is 5. The Kier molecular flexibility index (Phi) is 6.02. The molecule has 108 valence electrons. The molecule has 20 heavy (non-hydrogen) atoms. The Morgan fingerprint density at radius 2 is 1.55 bits per heavy atom. The monoisotopic (exact) mass is 282 g/mol. The zero-order chi connectivity index (χ0) is 15.0. The van der Waals surface area contributed by atoms with Gasteiger partial charge in [-0.3, -0.25) is 9.59 Å². The van der Waals surface area contributed by atoms with Crippen molar-refractivity contribution in [3.05, 3.63) is 35.9 Å². The van der Waals surface area contributed by atoms with E-state index in [0.29, 0.717) is 0 Å². The highest BCUT2D eigenvalue weighted by molar-refractivity contribution is 5.72. The number of carboxylic acids is 2. The van der Waals surface area contributed by atoms with E-state index in [0.717, 1.165) is 5.56 Å². The van der Waals surface area contributed by atoms with E-state index in [1.807, 2.05) is 0 Å². The van der Waals surface area contributed by atoms with Crippen LogP contribution in [0.2, 0.25) is 0 Å². The van der Waals surface area contributed by atoms with Crippen molar-refractivity contribution >= 4 is 18.1 Å². The minimum absolute atomic E-state index is 0.0352. The average Bonchev–Trinajstić information content (AvgIpc) is 2.36. The fourth-order valence-electron chi connectivity index (χ4n) is 1.43. The molecule has 2 N–H and O–H groups in total. The van der Waals surface area contributed by atoms with Crippen molar-refractivity contribution < 1.29 is 34.1 Å². The molecule has 0 atom stereocenters. The van der Waals surface area contributed by atoms with Crippen LogP contribution in [0.4, 0.5) is 4.79 Å². The van der Waals surface area contributed by atoms with Gasteiger partial charge in [0.15, 0.2) is 0 Å². The van der Waals surface area contributed by atoms with Gasteiger partial charge in [0, 0.05) is 0 Å². The number of hydrogen-bond donors (Lipinski definition) is 2. The van der Waals surface area contributed by atoms with Gasteiger partial charge in [0.25, 0.3) is 0 Å². The molecule has 0 aromatic heterocycles. The van der Waals surface area contributed by atoms with E-state index in [1.54, 1.807) is 30.3 Å². The summed E-state index contributed by atoms with van der Waals surface area (Å²) >= 11 is 0. The first-order chi connectivity index (χ1) is 9.47. The Labute approximate surface area is 114 Å². The average molecular weight is 282 g/mol. The molecule has 0 fully saturated rings. The third kappa shape index (κ3) is 6.39. The van der Waals surface area contributed by atoms with Crippen LogP contribution in [0.3, 0.4) is 0 Å².